The highest BCUT2D eigenvalue weighted by Gasteiger charge is 2.30. The van der Waals surface area contributed by atoms with Crippen molar-refractivity contribution in [3.8, 4) is 0 Å². The van der Waals surface area contributed by atoms with E-state index in [2.05, 4.69) is 10.4 Å². The van der Waals surface area contributed by atoms with Gasteiger partial charge in [-0.1, -0.05) is 30.3 Å². The number of nitrogens with one attached hydrogen (secondary N) is 1. The van der Waals surface area contributed by atoms with Crippen molar-refractivity contribution in [3.05, 3.63) is 53.3 Å². The lowest BCUT2D eigenvalue weighted by molar-refractivity contribution is -0.142. The van der Waals surface area contributed by atoms with E-state index in [4.69, 9.17) is 0 Å². The summed E-state index contributed by atoms with van der Waals surface area (Å²) in [6.45, 7) is 4.57. The van der Waals surface area contributed by atoms with Gasteiger partial charge in [0.15, 0.2) is 0 Å². The number of halogens is 3. The molecule has 1 aromatic carbocycles. The Morgan fingerprint density at radius 2 is 1.77 bits per heavy atom. The predicted molar refractivity (Wildman–Crippen MR) is 79.4 cm³/mol. The molecule has 0 unspecified atom stereocenters. The Morgan fingerprint density at radius 1 is 1.14 bits per heavy atom. The molecule has 2 aromatic rings. The quantitative estimate of drug-likeness (QED) is 0.898. The minimum Gasteiger partial charge on any atom is -0.304 e. The van der Waals surface area contributed by atoms with E-state index in [9.17, 15) is 13.2 Å². The fourth-order valence-corrected chi connectivity index (χ4v) is 2.52. The van der Waals surface area contributed by atoms with Gasteiger partial charge in [-0.15, -0.1) is 0 Å². The van der Waals surface area contributed by atoms with Crippen LogP contribution in [0.5, 0.6) is 0 Å². The number of hydrogen-bond acceptors (Lipinski definition) is 2. The molecule has 0 aliphatic rings. The molecule has 0 aliphatic carbocycles. The Balaban J connectivity index is 2.08. The van der Waals surface area contributed by atoms with Crippen molar-refractivity contribution in [1.82, 2.24) is 15.1 Å². The third-order valence-electron chi connectivity index (χ3n) is 3.74. The molecule has 0 radical (unpaired) electrons. The van der Waals surface area contributed by atoms with Gasteiger partial charge in [0, 0.05) is 23.3 Å². The van der Waals surface area contributed by atoms with Crippen LogP contribution in [0.25, 0.3) is 0 Å². The van der Waals surface area contributed by atoms with Crippen LogP contribution in [0.4, 0.5) is 13.2 Å². The Bertz CT molecular complexity index is 605. The van der Waals surface area contributed by atoms with E-state index in [-0.39, 0.29) is 12.1 Å². The standard InChI is InChI=1S/C16H20F3N3/c1-11(14-7-5-4-6-8-14)21-12(2)15-9-20-22(13(15)3)10-16(17,18)19/h4-9,11-12,21H,10H2,1-3H3/t11-,12-/m1/s1. The summed E-state index contributed by atoms with van der Waals surface area (Å²) < 4.78 is 38.5. The highest BCUT2D eigenvalue weighted by molar-refractivity contribution is 5.22. The van der Waals surface area contributed by atoms with Crippen LogP contribution in [0, 0.1) is 6.92 Å². The highest BCUT2D eigenvalue weighted by atomic mass is 19.4. The van der Waals surface area contributed by atoms with Gasteiger partial charge >= 0.3 is 6.18 Å². The first-order valence-corrected chi connectivity index (χ1v) is 7.18. The summed E-state index contributed by atoms with van der Waals surface area (Å²) in [5.41, 5.74) is 2.46. The number of nitrogens with zero attached hydrogens (tertiary/aromatic N) is 2. The van der Waals surface area contributed by atoms with Crippen LogP contribution < -0.4 is 5.32 Å². The molecule has 0 saturated carbocycles. The first kappa shape index (κ1) is 16.5. The zero-order valence-corrected chi connectivity index (χ0v) is 12.9. The molecule has 2 rings (SSSR count). The topological polar surface area (TPSA) is 29.9 Å². The second-order valence-corrected chi connectivity index (χ2v) is 5.48. The van der Waals surface area contributed by atoms with Crippen LogP contribution >= 0.6 is 0 Å². The molecule has 1 N–H and O–H groups in total. The van der Waals surface area contributed by atoms with Gasteiger partial charge in [0.25, 0.3) is 0 Å². The van der Waals surface area contributed by atoms with Crippen molar-refractivity contribution < 1.29 is 13.2 Å². The number of hydrogen-bond donors (Lipinski definition) is 1. The fourth-order valence-electron chi connectivity index (χ4n) is 2.52. The van der Waals surface area contributed by atoms with E-state index < -0.39 is 12.7 Å². The third kappa shape index (κ3) is 4.10. The van der Waals surface area contributed by atoms with Crippen LogP contribution in [-0.2, 0) is 6.54 Å². The molecule has 2 atom stereocenters. The normalized spacial score (nSPS) is 14.8. The van der Waals surface area contributed by atoms with E-state index in [1.807, 2.05) is 44.2 Å². The van der Waals surface area contributed by atoms with Crippen LogP contribution in [0.15, 0.2) is 36.5 Å². The van der Waals surface area contributed by atoms with Gasteiger partial charge in [-0.05, 0) is 26.3 Å². The van der Waals surface area contributed by atoms with E-state index in [0.29, 0.717) is 5.69 Å². The van der Waals surface area contributed by atoms with E-state index >= 15 is 0 Å². The maximum atomic E-state index is 12.5. The maximum Gasteiger partial charge on any atom is 0.408 e. The van der Waals surface area contributed by atoms with Gasteiger partial charge in [0.05, 0.1) is 6.20 Å². The van der Waals surface area contributed by atoms with Gasteiger partial charge in [-0.3, -0.25) is 4.68 Å². The number of aromatic nitrogens is 2. The minimum atomic E-state index is -4.26. The lowest BCUT2D eigenvalue weighted by Crippen LogP contribution is -2.23. The molecule has 1 heterocycles. The summed E-state index contributed by atoms with van der Waals surface area (Å²) in [6, 6.07) is 9.92. The summed E-state index contributed by atoms with van der Waals surface area (Å²) in [7, 11) is 0. The molecule has 6 heteroatoms. The van der Waals surface area contributed by atoms with E-state index in [1.54, 1.807) is 6.92 Å². The fraction of sp³-hybridized carbons (Fsp3) is 0.438. The molecular weight excluding hydrogens is 291 g/mol. The molecule has 22 heavy (non-hydrogen) atoms. The molecule has 3 nitrogen and oxygen atoms in total. The van der Waals surface area contributed by atoms with Gasteiger partial charge in [0.2, 0.25) is 0 Å². The zero-order chi connectivity index (χ0) is 16.3. The molecule has 0 bridgehead atoms. The molecule has 0 aliphatic heterocycles. The second kappa shape index (κ2) is 6.52. The van der Waals surface area contributed by atoms with E-state index in [0.717, 1.165) is 15.8 Å². The molecular formula is C16H20F3N3. The molecule has 0 saturated heterocycles. The molecule has 0 amide bonds. The first-order chi connectivity index (χ1) is 10.3. The van der Waals surface area contributed by atoms with Crippen molar-refractivity contribution in [3.63, 3.8) is 0 Å². The Labute approximate surface area is 128 Å². The summed E-state index contributed by atoms with van der Waals surface area (Å²) in [4.78, 5) is 0. The van der Waals surface area contributed by atoms with Crippen LogP contribution in [0.1, 0.15) is 42.8 Å². The average Bonchev–Trinajstić information content (AvgIpc) is 2.79. The Hall–Kier alpha value is -1.82. The lowest BCUT2D eigenvalue weighted by Gasteiger charge is -2.20. The average molecular weight is 311 g/mol. The Morgan fingerprint density at radius 3 is 2.36 bits per heavy atom. The van der Waals surface area contributed by atoms with Crippen molar-refractivity contribution in [2.75, 3.05) is 0 Å². The molecule has 0 spiro atoms. The predicted octanol–water partition coefficient (Wildman–Crippen LogP) is 4.17. The van der Waals surface area contributed by atoms with Gasteiger partial charge < -0.3 is 5.32 Å². The summed E-state index contributed by atoms with van der Waals surface area (Å²) in [5, 5.41) is 7.25. The molecule has 0 fully saturated rings. The SMILES string of the molecule is Cc1c([C@@H](C)N[C@H](C)c2ccccc2)cnn1CC(F)(F)F. The van der Waals surface area contributed by atoms with Crippen molar-refractivity contribution in [2.45, 2.75) is 45.6 Å². The molecule has 1 aromatic heterocycles. The monoisotopic (exact) mass is 311 g/mol. The van der Waals surface area contributed by atoms with Gasteiger partial charge in [-0.2, -0.15) is 18.3 Å². The van der Waals surface area contributed by atoms with Crippen molar-refractivity contribution in [2.24, 2.45) is 0 Å². The number of rotatable bonds is 5. The smallest absolute Gasteiger partial charge is 0.304 e. The third-order valence-corrected chi connectivity index (χ3v) is 3.74. The minimum absolute atomic E-state index is 0.0859. The van der Waals surface area contributed by atoms with Crippen LogP contribution in [0.2, 0.25) is 0 Å². The van der Waals surface area contributed by atoms with Crippen molar-refractivity contribution in [1.29, 1.82) is 0 Å². The largest absolute Gasteiger partial charge is 0.408 e. The number of benzene rings is 1. The summed E-state index contributed by atoms with van der Waals surface area (Å²) in [6.07, 6.45) is -2.75. The van der Waals surface area contributed by atoms with E-state index in [1.165, 1.54) is 6.20 Å². The zero-order valence-electron chi connectivity index (χ0n) is 12.9. The lowest BCUT2D eigenvalue weighted by atomic mass is 10.0. The number of alkyl halides is 3. The van der Waals surface area contributed by atoms with Crippen LogP contribution in [0.3, 0.4) is 0 Å². The molecule has 120 valence electrons. The van der Waals surface area contributed by atoms with Crippen LogP contribution in [-0.4, -0.2) is 16.0 Å². The Kier molecular flexibility index (Phi) is 4.90. The summed E-state index contributed by atoms with van der Waals surface area (Å²) in [5.74, 6) is 0. The van der Waals surface area contributed by atoms with Crippen molar-refractivity contribution >= 4 is 0 Å². The highest BCUT2D eigenvalue weighted by Crippen LogP contribution is 2.24. The first-order valence-electron chi connectivity index (χ1n) is 7.18. The van der Waals surface area contributed by atoms with Gasteiger partial charge in [0.1, 0.15) is 6.54 Å². The summed E-state index contributed by atoms with van der Waals surface area (Å²) >= 11 is 0. The maximum absolute atomic E-state index is 12.5. The second-order valence-electron chi connectivity index (χ2n) is 5.48. The van der Waals surface area contributed by atoms with Gasteiger partial charge in [-0.25, -0.2) is 0 Å².